The number of hydrogen-bond donors (Lipinski definition) is 0. The molecule has 0 fully saturated rings. The number of halogens is 4. The van der Waals surface area contributed by atoms with Crippen LogP contribution < -0.4 is 0 Å². The third kappa shape index (κ3) is 2.03. The van der Waals surface area contributed by atoms with Crippen LogP contribution in [-0.4, -0.2) is 4.98 Å². The molecule has 0 aliphatic carbocycles. The van der Waals surface area contributed by atoms with Gasteiger partial charge in [0.05, 0.1) is 0 Å². The Balaban J connectivity index is 2.47. The Morgan fingerprint density at radius 2 is 2.00 bits per heavy atom. The summed E-state index contributed by atoms with van der Waals surface area (Å²) >= 11 is 4.78. The molecule has 2 aromatic heterocycles. The Labute approximate surface area is 125 Å². The first-order valence-electron chi connectivity index (χ1n) is 5.68. The van der Waals surface area contributed by atoms with Crippen LogP contribution in [0.2, 0.25) is 0 Å². The van der Waals surface area contributed by atoms with Gasteiger partial charge in [-0.2, -0.15) is 0 Å². The number of rotatable bonds is 2. The molecule has 3 rings (SSSR count). The van der Waals surface area contributed by atoms with Crippen molar-refractivity contribution >= 4 is 38.2 Å². The van der Waals surface area contributed by atoms with Crippen molar-refractivity contribution in [1.29, 1.82) is 0 Å². The number of benzene rings is 1. The Hall–Kier alpha value is -1.40. The van der Waals surface area contributed by atoms with Crippen molar-refractivity contribution in [2.45, 2.75) is 5.33 Å². The molecule has 0 amide bonds. The third-order valence-electron chi connectivity index (χ3n) is 2.99. The molecule has 0 aliphatic heterocycles. The fraction of sp³-hybridized carbons (Fsp3) is 0.0714. The van der Waals surface area contributed by atoms with Crippen molar-refractivity contribution in [3.8, 4) is 10.4 Å². The first-order valence-corrected chi connectivity index (χ1v) is 7.68. The van der Waals surface area contributed by atoms with Gasteiger partial charge in [-0.15, -0.1) is 11.3 Å². The Kier molecular flexibility index (Phi) is 3.52. The molecule has 0 N–H and O–H groups in total. The van der Waals surface area contributed by atoms with E-state index in [4.69, 9.17) is 0 Å². The second-order valence-electron chi connectivity index (χ2n) is 4.15. The molecular weight excluding hydrogens is 351 g/mol. The maximum atomic E-state index is 13.8. The molecule has 1 nitrogen and oxygen atoms in total. The molecule has 1 aromatic carbocycles. The van der Waals surface area contributed by atoms with E-state index in [2.05, 4.69) is 20.9 Å². The van der Waals surface area contributed by atoms with Crippen LogP contribution in [0.15, 0.2) is 29.8 Å². The summed E-state index contributed by atoms with van der Waals surface area (Å²) in [5, 5.41) is 2.64. The molecular formula is C14H7BrF3NS. The Morgan fingerprint density at radius 3 is 2.65 bits per heavy atom. The van der Waals surface area contributed by atoms with Crippen molar-refractivity contribution in [2.24, 2.45) is 0 Å². The van der Waals surface area contributed by atoms with Gasteiger partial charge in [0, 0.05) is 27.4 Å². The lowest BCUT2D eigenvalue weighted by Gasteiger charge is -2.10. The molecule has 102 valence electrons. The van der Waals surface area contributed by atoms with Crippen LogP contribution in [0.3, 0.4) is 0 Å². The van der Waals surface area contributed by atoms with Gasteiger partial charge in [-0.3, -0.25) is 4.98 Å². The summed E-state index contributed by atoms with van der Waals surface area (Å²) in [6, 6.07) is 4.70. The molecule has 6 heteroatoms. The highest BCUT2D eigenvalue weighted by molar-refractivity contribution is 9.08. The van der Waals surface area contributed by atoms with Crippen molar-refractivity contribution in [3.63, 3.8) is 0 Å². The minimum atomic E-state index is -1.49. The number of alkyl halides is 1. The van der Waals surface area contributed by atoms with Gasteiger partial charge in [0.1, 0.15) is 5.52 Å². The lowest BCUT2D eigenvalue weighted by molar-refractivity contribution is 0.452. The summed E-state index contributed by atoms with van der Waals surface area (Å²) in [5.74, 6) is -3.95. The summed E-state index contributed by atoms with van der Waals surface area (Å²) in [6.07, 6.45) is 1.48. The summed E-state index contributed by atoms with van der Waals surface area (Å²) in [7, 11) is 0. The second kappa shape index (κ2) is 5.18. The molecule has 0 saturated heterocycles. The third-order valence-corrected chi connectivity index (χ3v) is 4.48. The van der Waals surface area contributed by atoms with Crippen molar-refractivity contribution in [2.75, 3.05) is 0 Å². The fourth-order valence-corrected chi connectivity index (χ4v) is 3.34. The van der Waals surface area contributed by atoms with Crippen molar-refractivity contribution in [1.82, 2.24) is 4.98 Å². The molecule has 0 atom stereocenters. The zero-order valence-corrected chi connectivity index (χ0v) is 12.4. The van der Waals surface area contributed by atoms with E-state index in [1.807, 2.05) is 17.5 Å². The fourth-order valence-electron chi connectivity index (χ4n) is 2.10. The van der Waals surface area contributed by atoms with Crippen LogP contribution in [0.1, 0.15) is 5.56 Å². The van der Waals surface area contributed by atoms with Gasteiger partial charge in [0.15, 0.2) is 17.5 Å². The molecule has 0 radical (unpaired) electrons. The summed E-state index contributed by atoms with van der Waals surface area (Å²) < 4.78 is 40.7. The van der Waals surface area contributed by atoms with Crippen LogP contribution in [-0.2, 0) is 5.33 Å². The SMILES string of the molecule is Fc1cc2c(-c3cccs3)c(CBr)cnc2c(F)c1F. The van der Waals surface area contributed by atoms with Gasteiger partial charge in [0.2, 0.25) is 0 Å². The average molecular weight is 358 g/mol. The van der Waals surface area contributed by atoms with E-state index in [9.17, 15) is 13.2 Å². The minimum absolute atomic E-state index is 0.156. The summed E-state index contributed by atoms with van der Waals surface area (Å²) in [4.78, 5) is 4.78. The topological polar surface area (TPSA) is 12.9 Å². The van der Waals surface area contributed by atoms with Gasteiger partial charge in [-0.1, -0.05) is 22.0 Å². The molecule has 0 bridgehead atoms. The number of thiophene rings is 1. The maximum Gasteiger partial charge on any atom is 0.196 e. The van der Waals surface area contributed by atoms with E-state index in [-0.39, 0.29) is 10.9 Å². The van der Waals surface area contributed by atoms with Gasteiger partial charge in [-0.25, -0.2) is 13.2 Å². The lowest BCUT2D eigenvalue weighted by Crippen LogP contribution is -1.98. The largest absolute Gasteiger partial charge is 0.253 e. The Bertz CT molecular complexity index is 787. The number of pyridine rings is 1. The summed E-state index contributed by atoms with van der Waals surface area (Å²) in [6.45, 7) is 0. The normalized spacial score (nSPS) is 11.2. The molecule has 20 heavy (non-hydrogen) atoms. The monoisotopic (exact) mass is 357 g/mol. The predicted molar refractivity (Wildman–Crippen MR) is 77.6 cm³/mol. The van der Waals surface area contributed by atoms with E-state index in [0.717, 1.165) is 16.5 Å². The van der Waals surface area contributed by atoms with Crippen LogP contribution in [0.25, 0.3) is 21.3 Å². The highest BCUT2D eigenvalue weighted by atomic mass is 79.9. The second-order valence-corrected chi connectivity index (χ2v) is 5.66. The van der Waals surface area contributed by atoms with E-state index in [1.54, 1.807) is 0 Å². The number of fused-ring (bicyclic) bond motifs is 1. The molecule has 0 spiro atoms. The van der Waals surface area contributed by atoms with Gasteiger partial charge in [0.25, 0.3) is 0 Å². The first-order chi connectivity index (χ1) is 9.63. The first kappa shape index (κ1) is 13.6. The van der Waals surface area contributed by atoms with Crippen LogP contribution >= 0.6 is 27.3 Å². The van der Waals surface area contributed by atoms with E-state index in [1.165, 1.54) is 17.5 Å². The highest BCUT2D eigenvalue weighted by Crippen LogP contribution is 2.36. The smallest absolute Gasteiger partial charge is 0.196 e. The molecule has 2 heterocycles. The van der Waals surface area contributed by atoms with Crippen LogP contribution in [0.5, 0.6) is 0 Å². The highest BCUT2D eigenvalue weighted by Gasteiger charge is 2.19. The number of aromatic nitrogens is 1. The zero-order valence-electron chi connectivity index (χ0n) is 9.96. The van der Waals surface area contributed by atoms with Gasteiger partial charge in [-0.05, 0) is 23.1 Å². The van der Waals surface area contributed by atoms with E-state index < -0.39 is 17.5 Å². The van der Waals surface area contributed by atoms with Crippen molar-refractivity contribution < 1.29 is 13.2 Å². The predicted octanol–water partition coefficient (Wildman–Crippen LogP) is 5.28. The lowest BCUT2D eigenvalue weighted by atomic mass is 10.0. The maximum absolute atomic E-state index is 13.8. The molecule has 0 aliphatic rings. The molecule has 0 saturated carbocycles. The zero-order chi connectivity index (χ0) is 14.3. The average Bonchev–Trinajstić information content (AvgIpc) is 2.97. The Morgan fingerprint density at radius 1 is 1.20 bits per heavy atom. The number of nitrogens with zero attached hydrogens (tertiary/aromatic N) is 1. The standard InChI is InChI=1S/C14H7BrF3NS/c15-5-7-6-19-14-8(4-9(16)12(17)13(14)18)11(7)10-2-1-3-20-10/h1-4,6H,5H2. The molecule has 0 unspecified atom stereocenters. The van der Waals surface area contributed by atoms with Crippen LogP contribution in [0, 0.1) is 17.5 Å². The molecule has 3 aromatic rings. The minimum Gasteiger partial charge on any atom is -0.253 e. The van der Waals surface area contributed by atoms with Gasteiger partial charge >= 0.3 is 0 Å². The van der Waals surface area contributed by atoms with Crippen molar-refractivity contribution in [3.05, 3.63) is 52.8 Å². The van der Waals surface area contributed by atoms with E-state index >= 15 is 0 Å². The van der Waals surface area contributed by atoms with Gasteiger partial charge < -0.3 is 0 Å². The van der Waals surface area contributed by atoms with E-state index in [0.29, 0.717) is 10.9 Å². The van der Waals surface area contributed by atoms with Crippen LogP contribution in [0.4, 0.5) is 13.2 Å². The number of hydrogen-bond acceptors (Lipinski definition) is 2. The summed E-state index contributed by atoms with van der Waals surface area (Å²) in [5.41, 5.74) is 1.32. The quantitative estimate of drug-likeness (QED) is 0.449.